The monoisotopic (exact) mass is 271 g/mol. The van der Waals surface area contributed by atoms with Crippen molar-refractivity contribution in [3.8, 4) is 11.5 Å². The Bertz CT molecular complexity index is 485. The number of ether oxygens (including phenoxy) is 2. The molecular weight excluding hydrogens is 258 g/mol. The number of methoxy groups -OCH3 is 1. The van der Waals surface area contributed by atoms with Crippen LogP contribution in [0, 0.1) is 10.1 Å². The predicted octanol–water partition coefficient (Wildman–Crippen LogP) is 3.38. The van der Waals surface area contributed by atoms with E-state index in [1.807, 2.05) is 6.92 Å². The van der Waals surface area contributed by atoms with Crippen LogP contribution in [0.15, 0.2) is 17.8 Å². The maximum absolute atomic E-state index is 10.6. The number of benzene rings is 1. The lowest BCUT2D eigenvalue weighted by Gasteiger charge is -2.11. The molecule has 98 valence electrons. The minimum absolute atomic E-state index is 0.0266. The molecule has 0 aliphatic rings. The highest BCUT2D eigenvalue weighted by molar-refractivity contribution is 6.32. The zero-order valence-corrected chi connectivity index (χ0v) is 11.2. The van der Waals surface area contributed by atoms with Crippen molar-refractivity contribution in [1.29, 1.82) is 0 Å². The fourth-order valence-electron chi connectivity index (χ4n) is 1.43. The van der Waals surface area contributed by atoms with Crippen LogP contribution >= 0.6 is 11.6 Å². The molecule has 0 fully saturated rings. The summed E-state index contributed by atoms with van der Waals surface area (Å²) in [5.74, 6) is 0.893. The third kappa shape index (κ3) is 3.37. The van der Waals surface area contributed by atoms with Crippen molar-refractivity contribution < 1.29 is 14.4 Å². The minimum Gasteiger partial charge on any atom is -0.491 e. The Morgan fingerprint density at radius 1 is 1.56 bits per heavy atom. The van der Waals surface area contributed by atoms with Gasteiger partial charge in [-0.05, 0) is 24.6 Å². The van der Waals surface area contributed by atoms with Crippen LogP contribution in [-0.4, -0.2) is 18.6 Å². The topological polar surface area (TPSA) is 61.6 Å². The van der Waals surface area contributed by atoms with Gasteiger partial charge in [-0.3, -0.25) is 10.1 Å². The van der Waals surface area contributed by atoms with Crippen molar-refractivity contribution in [2.24, 2.45) is 0 Å². The van der Waals surface area contributed by atoms with E-state index in [4.69, 9.17) is 21.1 Å². The molecule has 0 saturated heterocycles. The normalized spacial score (nSPS) is 11.2. The third-order valence-electron chi connectivity index (χ3n) is 2.20. The maximum Gasteiger partial charge on any atom is 0.243 e. The quantitative estimate of drug-likeness (QED) is 0.608. The molecule has 18 heavy (non-hydrogen) atoms. The van der Waals surface area contributed by atoms with E-state index in [2.05, 4.69) is 0 Å². The van der Waals surface area contributed by atoms with Gasteiger partial charge in [-0.2, -0.15) is 0 Å². The van der Waals surface area contributed by atoms with E-state index in [0.29, 0.717) is 28.7 Å². The summed E-state index contributed by atoms with van der Waals surface area (Å²) in [4.78, 5) is 10.1. The number of halogens is 1. The Hall–Kier alpha value is -1.75. The summed E-state index contributed by atoms with van der Waals surface area (Å²) in [7, 11) is 1.49. The first kappa shape index (κ1) is 14.3. The molecule has 0 spiro atoms. The van der Waals surface area contributed by atoms with E-state index in [1.165, 1.54) is 20.1 Å². The highest BCUT2D eigenvalue weighted by Gasteiger charge is 2.12. The lowest BCUT2D eigenvalue weighted by molar-refractivity contribution is -0.422. The van der Waals surface area contributed by atoms with Crippen molar-refractivity contribution in [2.75, 3.05) is 13.7 Å². The van der Waals surface area contributed by atoms with Crippen molar-refractivity contribution in [1.82, 2.24) is 0 Å². The molecule has 5 nitrogen and oxygen atoms in total. The van der Waals surface area contributed by atoms with E-state index < -0.39 is 4.92 Å². The second-order valence-corrected chi connectivity index (χ2v) is 3.92. The predicted molar refractivity (Wildman–Crippen MR) is 69.8 cm³/mol. The SMILES string of the molecule is CCOc1cc(/C=C(/C)[N+](=O)[O-])cc(Cl)c1OC. The molecule has 6 heteroatoms. The number of nitrogens with zero attached hydrogens (tertiary/aromatic N) is 1. The first-order valence-electron chi connectivity index (χ1n) is 5.32. The third-order valence-corrected chi connectivity index (χ3v) is 2.48. The average Bonchev–Trinajstić information content (AvgIpc) is 2.29. The lowest BCUT2D eigenvalue weighted by Crippen LogP contribution is -1.97. The molecule has 0 aliphatic heterocycles. The van der Waals surface area contributed by atoms with Crippen LogP contribution in [0.5, 0.6) is 11.5 Å². The van der Waals surface area contributed by atoms with Crippen LogP contribution in [0.4, 0.5) is 0 Å². The van der Waals surface area contributed by atoms with Gasteiger partial charge in [0.05, 0.1) is 23.7 Å². The molecule has 0 saturated carbocycles. The van der Waals surface area contributed by atoms with Gasteiger partial charge in [-0.25, -0.2) is 0 Å². The molecule has 0 heterocycles. The smallest absolute Gasteiger partial charge is 0.243 e. The standard InChI is InChI=1S/C12H14ClNO4/c1-4-18-11-7-9(5-8(2)14(15)16)6-10(13)12(11)17-3/h5-7H,4H2,1-3H3/b8-5-. The van der Waals surface area contributed by atoms with Gasteiger partial charge in [0.2, 0.25) is 5.70 Å². The van der Waals surface area contributed by atoms with Crippen LogP contribution in [0.1, 0.15) is 19.4 Å². The largest absolute Gasteiger partial charge is 0.491 e. The summed E-state index contributed by atoms with van der Waals surface area (Å²) in [6.07, 6.45) is 1.42. The average molecular weight is 272 g/mol. The van der Waals surface area contributed by atoms with Crippen molar-refractivity contribution in [3.63, 3.8) is 0 Å². The van der Waals surface area contributed by atoms with Crippen LogP contribution < -0.4 is 9.47 Å². The summed E-state index contributed by atoms with van der Waals surface area (Å²) in [5, 5.41) is 10.9. The van der Waals surface area contributed by atoms with Gasteiger partial charge in [0, 0.05) is 13.0 Å². The summed E-state index contributed by atoms with van der Waals surface area (Å²) in [6, 6.07) is 3.25. The van der Waals surface area contributed by atoms with Crippen LogP contribution in [0.3, 0.4) is 0 Å². The summed E-state index contributed by atoms with van der Waals surface area (Å²) < 4.78 is 10.5. The van der Waals surface area contributed by atoms with Crippen molar-refractivity contribution in [3.05, 3.63) is 38.5 Å². The fourth-order valence-corrected chi connectivity index (χ4v) is 1.72. The molecule has 0 aromatic heterocycles. The fraction of sp³-hybridized carbons (Fsp3) is 0.333. The zero-order valence-electron chi connectivity index (χ0n) is 10.4. The Morgan fingerprint density at radius 3 is 2.72 bits per heavy atom. The van der Waals surface area contributed by atoms with Gasteiger partial charge in [-0.1, -0.05) is 11.6 Å². The first-order valence-corrected chi connectivity index (χ1v) is 5.70. The Labute approximate surface area is 110 Å². The van der Waals surface area contributed by atoms with Crippen LogP contribution in [0.25, 0.3) is 6.08 Å². The van der Waals surface area contributed by atoms with Crippen LogP contribution in [-0.2, 0) is 0 Å². The van der Waals surface area contributed by atoms with Gasteiger partial charge >= 0.3 is 0 Å². The van der Waals surface area contributed by atoms with Gasteiger partial charge in [-0.15, -0.1) is 0 Å². The zero-order chi connectivity index (χ0) is 13.7. The van der Waals surface area contributed by atoms with Crippen molar-refractivity contribution in [2.45, 2.75) is 13.8 Å². The Kier molecular flexibility index (Phi) is 4.97. The lowest BCUT2D eigenvalue weighted by atomic mass is 10.1. The van der Waals surface area contributed by atoms with Gasteiger partial charge in [0.15, 0.2) is 11.5 Å². The number of nitro groups is 1. The molecule has 0 atom stereocenters. The van der Waals surface area contributed by atoms with Gasteiger partial charge in [0.25, 0.3) is 0 Å². The summed E-state index contributed by atoms with van der Waals surface area (Å²) in [6.45, 7) is 3.70. The van der Waals surface area contributed by atoms with Crippen molar-refractivity contribution >= 4 is 17.7 Å². The molecule has 0 bridgehead atoms. The van der Waals surface area contributed by atoms with E-state index >= 15 is 0 Å². The minimum atomic E-state index is -0.460. The maximum atomic E-state index is 10.6. The number of rotatable bonds is 5. The molecule has 0 aliphatic carbocycles. The first-order chi connectivity index (χ1) is 8.49. The highest BCUT2D eigenvalue weighted by atomic mass is 35.5. The Morgan fingerprint density at radius 2 is 2.22 bits per heavy atom. The molecule has 1 rings (SSSR count). The molecule has 0 unspecified atom stereocenters. The molecule has 0 N–H and O–H groups in total. The van der Waals surface area contributed by atoms with Crippen LogP contribution in [0.2, 0.25) is 5.02 Å². The second-order valence-electron chi connectivity index (χ2n) is 3.51. The summed E-state index contributed by atoms with van der Waals surface area (Å²) >= 11 is 6.03. The molecule has 1 aromatic rings. The number of hydrogen-bond acceptors (Lipinski definition) is 4. The van der Waals surface area contributed by atoms with E-state index in [-0.39, 0.29) is 5.70 Å². The Balaban J connectivity index is 3.24. The summed E-state index contributed by atoms with van der Waals surface area (Å²) in [5.41, 5.74) is 0.622. The molecule has 1 aromatic carbocycles. The molecular formula is C12H14ClNO4. The molecule has 0 radical (unpaired) electrons. The highest BCUT2D eigenvalue weighted by Crippen LogP contribution is 2.36. The van der Waals surface area contributed by atoms with E-state index in [9.17, 15) is 10.1 Å². The van der Waals surface area contributed by atoms with E-state index in [0.717, 1.165) is 0 Å². The van der Waals surface area contributed by atoms with Gasteiger partial charge < -0.3 is 9.47 Å². The number of hydrogen-bond donors (Lipinski definition) is 0. The second kappa shape index (κ2) is 6.26. The van der Waals surface area contributed by atoms with Gasteiger partial charge in [0.1, 0.15) is 0 Å². The molecule has 0 amide bonds. The van der Waals surface area contributed by atoms with E-state index in [1.54, 1.807) is 12.1 Å². The number of allylic oxidation sites excluding steroid dienone is 1.